The number of benzene rings is 1. The smallest absolute Gasteiger partial charge is 0.275 e. The summed E-state index contributed by atoms with van der Waals surface area (Å²) < 4.78 is 26.4. The molecule has 0 fully saturated rings. The minimum Gasteiger partial charge on any atom is -0.352 e. The van der Waals surface area contributed by atoms with E-state index < -0.39 is 11.6 Å². The fourth-order valence-electron chi connectivity index (χ4n) is 1.91. The van der Waals surface area contributed by atoms with Crippen LogP contribution in [0.3, 0.4) is 0 Å². The molecule has 1 rings (SSSR count). The Morgan fingerprint density at radius 3 is 2.45 bits per heavy atom. The number of halogens is 2. The molecule has 0 aromatic heterocycles. The first-order valence-electron chi connectivity index (χ1n) is 7.14. The Bertz CT molecular complexity index is 536. The molecule has 0 saturated heterocycles. The first kappa shape index (κ1) is 18.0. The molecule has 0 aliphatic carbocycles. The maximum Gasteiger partial charge on any atom is 0.275 e. The van der Waals surface area contributed by atoms with Crippen LogP contribution < -0.4 is 16.0 Å². The summed E-state index contributed by atoms with van der Waals surface area (Å²) in [6.45, 7) is 5.32. The van der Waals surface area contributed by atoms with E-state index >= 15 is 0 Å². The van der Waals surface area contributed by atoms with Gasteiger partial charge >= 0.3 is 0 Å². The third-order valence-electron chi connectivity index (χ3n) is 3.01. The van der Waals surface area contributed by atoms with Crippen molar-refractivity contribution in [2.24, 2.45) is 0 Å². The lowest BCUT2D eigenvalue weighted by Crippen LogP contribution is -2.87. The second-order valence-corrected chi connectivity index (χ2v) is 5.39. The lowest BCUT2D eigenvalue weighted by atomic mass is 10.1. The molecule has 4 N–H and O–H groups in total. The van der Waals surface area contributed by atoms with Gasteiger partial charge in [-0.15, -0.1) is 0 Å². The van der Waals surface area contributed by atoms with Crippen LogP contribution >= 0.6 is 0 Å². The minimum absolute atomic E-state index is 0.0115. The molecule has 0 heterocycles. The number of hydrogen-bond acceptors (Lipinski definition) is 2. The quantitative estimate of drug-likeness (QED) is 0.674. The van der Waals surface area contributed by atoms with Crippen LogP contribution in [0, 0.1) is 11.6 Å². The number of amides is 2. The fourth-order valence-corrected chi connectivity index (χ4v) is 1.91. The Balaban J connectivity index is 2.38. The van der Waals surface area contributed by atoms with E-state index in [1.54, 1.807) is 12.2 Å². The molecule has 0 bridgehead atoms. The monoisotopic (exact) mass is 314 g/mol. The number of rotatable bonds is 7. The van der Waals surface area contributed by atoms with E-state index in [1.165, 1.54) is 12.1 Å². The molecule has 0 radical (unpaired) electrons. The van der Waals surface area contributed by atoms with Gasteiger partial charge in [0, 0.05) is 17.7 Å². The molecule has 0 aliphatic heterocycles. The number of nitrogens with two attached hydrogens (primary N) is 1. The van der Waals surface area contributed by atoms with Crippen LogP contribution in [0.1, 0.15) is 32.4 Å². The van der Waals surface area contributed by atoms with Crippen LogP contribution in [0.4, 0.5) is 8.78 Å². The zero-order chi connectivity index (χ0) is 16.7. The third kappa shape index (κ3) is 6.17. The summed E-state index contributed by atoms with van der Waals surface area (Å²) in [7, 11) is 0. The van der Waals surface area contributed by atoms with Crippen molar-refractivity contribution < 1.29 is 23.7 Å². The van der Waals surface area contributed by atoms with Crippen LogP contribution in [0.15, 0.2) is 18.2 Å². The molecule has 0 aliphatic rings. The second kappa shape index (κ2) is 8.43. The van der Waals surface area contributed by atoms with E-state index in [9.17, 15) is 18.4 Å². The van der Waals surface area contributed by atoms with Crippen molar-refractivity contribution in [2.75, 3.05) is 13.1 Å². The molecule has 22 heavy (non-hydrogen) atoms. The van der Waals surface area contributed by atoms with Crippen LogP contribution in [-0.4, -0.2) is 30.9 Å². The average molecular weight is 314 g/mol. The van der Waals surface area contributed by atoms with Crippen molar-refractivity contribution in [2.45, 2.75) is 32.9 Å². The average Bonchev–Trinajstić information content (AvgIpc) is 2.41. The lowest BCUT2D eigenvalue weighted by Gasteiger charge is -2.12. The van der Waals surface area contributed by atoms with Crippen LogP contribution in [-0.2, 0) is 9.59 Å². The van der Waals surface area contributed by atoms with E-state index in [4.69, 9.17) is 0 Å². The summed E-state index contributed by atoms with van der Waals surface area (Å²) in [4.78, 5) is 23.0. The zero-order valence-corrected chi connectivity index (χ0v) is 13.0. The second-order valence-electron chi connectivity index (χ2n) is 5.39. The molecule has 1 atom stereocenters. The third-order valence-corrected chi connectivity index (χ3v) is 3.01. The highest BCUT2D eigenvalue weighted by Gasteiger charge is 2.16. The zero-order valence-electron chi connectivity index (χ0n) is 13.0. The Labute approximate surface area is 128 Å². The summed E-state index contributed by atoms with van der Waals surface area (Å²) in [5.74, 6) is -1.86. The van der Waals surface area contributed by atoms with Crippen LogP contribution in [0.2, 0.25) is 0 Å². The molecule has 1 aromatic carbocycles. The summed E-state index contributed by atoms with van der Waals surface area (Å²) in [5.41, 5.74) is 0.326. The number of carbonyl (C=O) groups is 2. The Morgan fingerprint density at radius 2 is 1.86 bits per heavy atom. The highest BCUT2D eigenvalue weighted by Crippen LogP contribution is 2.14. The summed E-state index contributed by atoms with van der Waals surface area (Å²) in [6, 6.07) is 3.03. The van der Waals surface area contributed by atoms with Gasteiger partial charge in [-0.2, -0.15) is 0 Å². The fraction of sp³-hybridized carbons (Fsp3) is 0.467. The number of quaternary nitrogens is 1. The highest BCUT2D eigenvalue weighted by atomic mass is 19.1. The van der Waals surface area contributed by atoms with Crippen molar-refractivity contribution in [3.05, 3.63) is 35.4 Å². The SMILES string of the molecule is CC(C)NC(=O)CNC(=O)C[NH2+][C@H](C)c1ccc(F)cc1F. The molecule has 5 nitrogen and oxygen atoms in total. The van der Waals surface area contributed by atoms with E-state index in [-0.39, 0.29) is 37.0 Å². The summed E-state index contributed by atoms with van der Waals surface area (Å²) in [6.07, 6.45) is 0. The topological polar surface area (TPSA) is 74.8 Å². The standard InChI is InChI=1S/C15H21F2N3O2/c1-9(2)20-15(22)8-19-14(21)7-18-10(3)12-5-4-11(16)6-13(12)17/h4-6,9-10,18H,7-8H2,1-3H3,(H,19,21)(H,20,22)/p+1/t10-/m1/s1. The van der Waals surface area contributed by atoms with Crippen molar-refractivity contribution in [3.8, 4) is 0 Å². The predicted molar refractivity (Wildman–Crippen MR) is 77.9 cm³/mol. The Kier molecular flexibility index (Phi) is 6.91. The van der Waals surface area contributed by atoms with Crippen molar-refractivity contribution in [1.82, 2.24) is 10.6 Å². The van der Waals surface area contributed by atoms with Crippen molar-refractivity contribution in [3.63, 3.8) is 0 Å². The van der Waals surface area contributed by atoms with Gasteiger partial charge in [-0.3, -0.25) is 9.59 Å². The van der Waals surface area contributed by atoms with Crippen molar-refractivity contribution >= 4 is 11.8 Å². The van der Waals surface area contributed by atoms with Gasteiger partial charge in [-0.05, 0) is 32.9 Å². The molecule has 0 unspecified atom stereocenters. The molecule has 1 aromatic rings. The predicted octanol–water partition coefficient (Wildman–Crippen LogP) is 0.230. The van der Waals surface area contributed by atoms with E-state index in [1.807, 2.05) is 13.8 Å². The van der Waals surface area contributed by atoms with Gasteiger partial charge in [0.1, 0.15) is 17.7 Å². The number of carbonyl (C=O) groups excluding carboxylic acids is 2. The van der Waals surface area contributed by atoms with Gasteiger partial charge in [-0.1, -0.05) is 0 Å². The maximum atomic E-state index is 13.6. The number of nitrogens with one attached hydrogen (secondary N) is 2. The largest absolute Gasteiger partial charge is 0.352 e. The van der Waals surface area contributed by atoms with E-state index in [2.05, 4.69) is 10.6 Å². The van der Waals surface area contributed by atoms with E-state index in [0.717, 1.165) is 6.07 Å². The molecular formula is C15H22F2N3O2+. The number of hydrogen-bond donors (Lipinski definition) is 3. The van der Waals surface area contributed by atoms with Gasteiger partial charge < -0.3 is 16.0 Å². The van der Waals surface area contributed by atoms with Crippen LogP contribution in [0.25, 0.3) is 0 Å². The Morgan fingerprint density at radius 1 is 1.18 bits per heavy atom. The first-order chi connectivity index (χ1) is 10.3. The van der Waals surface area contributed by atoms with Gasteiger partial charge in [0.2, 0.25) is 5.91 Å². The Hall–Kier alpha value is -2.02. The van der Waals surface area contributed by atoms with Crippen molar-refractivity contribution in [1.29, 1.82) is 0 Å². The normalized spacial score (nSPS) is 12.1. The van der Waals surface area contributed by atoms with E-state index in [0.29, 0.717) is 5.56 Å². The molecule has 0 saturated carbocycles. The molecule has 7 heteroatoms. The minimum atomic E-state index is -0.638. The molecule has 0 spiro atoms. The molecule has 2 amide bonds. The molecular weight excluding hydrogens is 292 g/mol. The summed E-state index contributed by atoms with van der Waals surface area (Å²) >= 11 is 0. The maximum absolute atomic E-state index is 13.6. The van der Waals surface area contributed by atoms with Crippen LogP contribution in [0.5, 0.6) is 0 Å². The lowest BCUT2D eigenvalue weighted by molar-refractivity contribution is -0.682. The highest BCUT2D eigenvalue weighted by molar-refractivity contribution is 5.85. The van der Waals surface area contributed by atoms with Gasteiger partial charge in [0.25, 0.3) is 5.91 Å². The first-order valence-corrected chi connectivity index (χ1v) is 7.14. The molecule has 122 valence electrons. The summed E-state index contributed by atoms with van der Waals surface area (Å²) in [5, 5.41) is 6.75. The van der Waals surface area contributed by atoms with Gasteiger partial charge in [-0.25, -0.2) is 8.78 Å². The van der Waals surface area contributed by atoms with Gasteiger partial charge in [0.05, 0.1) is 6.54 Å². The van der Waals surface area contributed by atoms with Gasteiger partial charge in [0.15, 0.2) is 6.54 Å².